The number of piperidine rings is 1. The molecule has 0 aromatic heterocycles. The zero-order valence-electron chi connectivity index (χ0n) is 13.2. The first-order valence-electron chi connectivity index (χ1n) is 7.89. The van der Waals surface area contributed by atoms with Crippen LogP contribution in [0.15, 0.2) is 0 Å². The lowest BCUT2D eigenvalue weighted by molar-refractivity contribution is -0.151. The number of amides is 1. The Balaban J connectivity index is 2.50. The van der Waals surface area contributed by atoms with Crippen molar-refractivity contribution < 1.29 is 19.4 Å². The van der Waals surface area contributed by atoms with Gasteiger partial charge in [-0.3, -0.25) is 14.5 Å². The fourth-order valence-electron chi connectivity index (χ4n) is 2.68. The van der Waals surface area contributed by atoms with E-state index >= 15 is 0 Å². The highest BCUT2D eigenvalue weighted by molar-refractivity contribution is 5.80. The van der Waals surface area contributed by atoms with Crippen molar-refractivity contribution in [3.8, 4) is 0 Å². The fraction of sp³-hybridized carbons (Fsp3) is 0.867. The zero-order valence-corrected chi connectivity index (χ0v) is 13.2. The number of likely N-dealkylation sites (tertiary alicyclic amines) is 1. The summed E-state index contributed by atoms with van der Waals surface area (Å²) in [7, 11) is 0. The monoisotopic (exact) mass is 300 g/mol. The normalized spacial score (nSPS) is 18.9. The van der Waals surface area contributed by atoms with Crippen LogP contribution in [-0.2, 0) is 14.3 Å². The van der Waals surface area contributed by atoms with Crippen molar-refractivity contribution in [2.24, 2.45) is 5.92 Å². The van der Waals surface area contributed by atoms with Crippen molar-refractivity contribution in [1.29, 1.82) is 0 Å². The Morgan fingerprint density at radius 2 is 2.10 bits per heavy atom. The van der Waals surface area contributed by atoms with E-state index in [0.29, 0.717) is 32.8 Å². The summed E-state index contributed by atoms with van der Waals surface area (Å²) in [5, 5.41) is 9.03. The lowest BCUT2D eigenvalue weighted by Gasteiger charge is -2.33. The third kappa shape index (κ3) is 6.01. The molecule has 1 heterocycles. The highest BCUT2D eigenvalue weighted by atomic mass is 16.5. The Morgan fingerprint density at radius 1 is 1.33 bits per heavy atom. The predicted molar refractivity (Wildman–Crippen MR) is 79.8 cm³/mol. The number of carbonyl (C=O) groups is 2. The van der Waals surface area contributed by atoms with Gasteiger partial charge in [-0.15, -0.1) is 0 Å². The Kier molecular flexibility index (Phi) is 8.30. The molecule has 1 N–H and O–H groups in total. The molecule has 1 rings (SSSR count). The van der Waals surface area contributed by atoms with E-state index in [-0.39, 0.29) is 24.4 Å². The summed E-state index contributed by atoms with van der Waals surface area (Å²) in [6.07, 6.45) is 2.57. The van der Waals surface area contributed by atoms with Gasteiger partial charge in [0.05, 0.1) is 25.7 Å². The van der Waals surface area contributed by atoms with Crippen LogP contribution >= 0.6 is 0 Å². The lowest BCUT2D eigenvalue weighted by Crippen LogP contribution is -2.47. The molecular weight excluding hydrogens is 272 g/mol. The van der Waals surface area contributed by atoms with Gasteiger partial charge < -0.3 is 14.7 Å². The Labute approximate surface area is 127 Å². The third-order valence-corrected chi connectivity index (χ3v) is 3.71. The molecule has 0 bridgehead atoms. The molecular formula is C15H28N2O4. The molecule has 0 aromatic carbocycles. The highest BCUT2D eigenvalue weighted by Crippen LogP contribution is 2.18. The van der Waals surface area contributed by atoms with Gasteiger partial charge in [-0.2, -0.15) is 0 Å². The number of hydrogen-bond donors (Lipinski definition) is 1. The van der Waals surface area contributed by atoms with Crippen LogP contribution in [0, 0.1) is 5.92 Å². The minimum atomic E-state index is -0.198. The number of hydrogen-bond acceptors (Lipinski definition) is 5. The van der Waals surface area contributed by atoms with Crippen LogP contribution in [0.1, 0.15) is 33.1 Å². The summed E-state index contributed by atoms with van der Waals surface area (Å²) in [5.74, 6) is -0.359. The maximum absolute atomic E-state index is 12.3. The first-order valence-corrected chi connectivity index (χ1v) is 7.89. The summed E-state index contributed by atoms with van der Waals surface area (Å²) < 4.78 is 5.05. The Bertz CT molecular complexity index is 330. The Hall–Kier alpha value is -1.14. The average molecular weight is 300 g/mol. The van der Waals surface area contributed by atoms with Gasteiger partial charge in [-0.05, 0) is 32.7 Å². The Morgan fingerprint density at radius 3 is 2.71 bits per heavy atom. The average Bonchev–Trinajstić information content (AvgIpc) is 2.48. The van der Waals surface area contributed by atoms with Crippen molar-refractivity contribution in [1.82, 2.24) is 9.80 Å². The van der Waals surface area contributed by atoms with E-state index in [2.05, 4.69) is 0 Å². The van der Waals surface area contributed by atoms with E-state index in [1.807, 2.05) is 11.8 Å². The first-order chi connectivity index (χ1) is 10.1. The smallest absolute Gasteiger partial charge is 0.310 e. The largest absolute Gasteiger partial charge is 0.466 e. The number of aliphatic hydroxyl groups is 1. The molecule has 0 aromatic rings. The van der Waals surface area contributed by atoms with Gasteiger partial charge in [0.15, 0.2) is 0 Å². The number of ether oxygens (including phenoxy) is 1. The predicted octanol–water partition coefficient (Wildman–Crippen LogP) is 0.492. The van der Waals surface area contributed by atoms with E-state index < -0.39 is 0 Å². The van der Waals surface area contributed by atoms with Crippen LogP contribution in [0.2, 0.25) is 0 Å². The van der Waals surface area contributed by atoms with Crippen LogP contribution < -0.4 is 0 Å². The molecule has 6 nitrogen and oxygen atoms in total. The second-order valence-corrected chi connectivity index (χ2v) is 5.43. The zero-order chi connectivity index (χ0) is 15.7. The van der Waals surface area contributed by atoms with Crippen LogP contribution in [0.3, 0.4) is 0 Å². The fourth-order valence-corrected chi connectivity index (χ4v) is 2.68. The molecule has 21 heavy (non-hydrogen) atoms. The second kappa shape index (κ2) is 9.73. The maximum Gasteiger partial charge on any atom is 0.310 e. The second-order valence-electron chi connectivity index (χ2n) is 5.43. The molecule has 1 aliphatic heterocycles. The van der Waals surface area contributed by atoms with E-state index in [1.165, 1.54) is 0 Å². The van der Waals surface area contributed by atoms with Gasteiger partial charge in [0.2, 0.25) is 5.91 Å². The number of rotatable bonds is 8. The van der Waals surface area contributed by atoms with Gasteiger partial charge in [-0.25, -0.2) is 0 Å². The molecule has 122 valence electrons. The molecule has 0 aliphatic carbocycles. The molecule has 0 radical (unpaired) electrons. The minimum absolute atomic E-state index is 0.0332. The van der Waals surface area contributed by atoms with E-state index in [4.69, 9.17) is 9.84 Å². The van der Waals surface area contributed by atoms with E-state index in [1.54, 1.807) is 11.8 Å². The molecule has 1 saturated heterocycles. The van der Waals surface area contributed by atoms with Crippen molar-refractivity contribution in [2.45, 2.75) is 33.1 Å². The molecule has 0 unspecified atom stereocenters. The van der Waals surface area contributed by atoms with Gasteiger partial charge >= 0.3 is 5.97 Å². The molecule has 1 amide bonds. The third-order valence-electron chi connectivity index (χ3n) is 3.71. The van der Waals surface area contributed by atoms with Crippen molar-refractivity contribution >= 4 is 11.9 Å². The maximum atomic E-state index is 12.3. The molecule has 1 aliphatic rings. The number of nitrogens with zero attached hydrogens (tertiary/aromatic N) is 2. The molecule has 1 fully saturated rings. The van der Waals surface area contributed by atoms with Gasteiger partial charge in [0, 0.05) is 19.6 Å². The number of carbonyl (C=O) groups excluding carboxylic acids is 2. The van der Waals surface area contributed by atoms with E-state index in [9.17, 15) is 9.59 Å². The lowest BCUT2D eigenvalue weighted by atomic mass is 9.98. The van der Waals surface area contributed by atoms with Gasteiger partial charge in [-0.1, -0.05) is 6.92 Å². The number of aliphatic hydroxyl groups excluding tert-OH is 1. The van der Waals surface area contributed by atoms with Gasteiger partial charge in [0.25, 0.3) is 0 Å². The minimum Gasteiger partial charge on any atom is -0.466 e. The summed E-state index contributed by atoms with van der Waals surface area (Å²) in [6.45, 7) is 7.04. The summed E-state index contributed by atoms with van der Waals surface area (Å²) in [5.41, 5.74) is 0. The summed E-state index contributed by atoms with van der Waals surface area (Å²) >= 11 is 0. The van der Waals surface area contributed by atoms with E-state index in [0.717, 1.165) is 25.8 Å². The number of esters is 1. The van der Waals surface area contributed by atoms with Crippen molar-refractivity contribution in [3.63, 3.8) is 0 Å². The van der Waals surface area contributed by atoms with Crippen LogP contribution in [0.25, 0.3) is 0 Å². The molecule has 0 saturated carbocycles. The van der Waals surface area contributed by atoms with Crippen LogP contribution in [0.4, 0.5) is 0 Å². The van der Waals surface area contributed by atoms with Gasteiger partial charge in [0.1, 0.15) is 0 Å². The molecule has 6 heteroatoms. The quantitative estimate of drug-likeness (QED) is 0.661. The standard InChI is InChI=1S/C15H28N2O4/c1-3-7-16(9-10-18)12-14(19)17-8-5-6-13(11-17)15(20)21-4-2/h13,18H,3-12H2,1-2H3/t13-/m1/s1. The van der Waals surface area contributed by atoms with Crippen molar-refractivity contribution in [2.75, 3.05) is 45.9 Å². The summed E-state index contributed by atoms with van der Waals surface area (Å²) in [6, 6.07) is 0. The summed E-state index contributed by atoms with van der Waals surface area (Å²) in [4.78, 5) is 27.8. The molecule has 1 atom stereocenters. The first kappa shape index (κ1) is 17.9. The highest BCUT2D eigenvalue weighted by Gasteiger charge is 2.29. The molecule has 0 spiro atoms. The van der Waals surface area contributed by atoms with Crippen LogP contribution in [0.5, 0.6) is 0 Å². The van der Waals surface area contributed by atoms with Crippen LogP contribution in [-0.4, -0.2) is 72.7 Å². The van der Waals surface area contributed by atoms with Crippen molar-refractivity contribution in [3.05, 3.63) is 0 Å². The topological polar surface area (TPSA) is 70.1 Å². The SMILES string of the molecule is CCCN(CCO)CC(=O)N1CCC[C@@H](C(=O)OCC)C1.